The first-order valence-corrected chi connectivity index (χ1v) is 22.3. The van der Waals surface area contributed by atoms with Crippen molar-refractivity contribution in [2.24, 2.45) is 39.8 Å². The highest BCUT2D eigenvalue weighted by atomic mass is 16.5. The largest absolute Gasteiger partial charge is 0.492 e. The molecular formula is C50H62N10O7. The van der Waals surface area contributed by atoms with Gasteiger partial charge in [0, 0.05) is 74.6 Å². The number of aliphatic imine (C=N–C) groups is 1. The summed E-state index contributed by atoms with van der Waals surface area (Å²) in [6, 6.07) is 17.9. The van der Waals surface area contributed by atoms with E-state index in [1.54, 1.807) is 50.2 Å². The lowest BCUT2D eigenvalue weighted by Crippen LogP contribution is -2.46. The smallest absolute Gasteiger partial charge is 0.228 e. The van der Waals surface area contributed by atoms with Crippen LogP contribution in [-0.4, -0.2) is 95.9 Å². The number of hydrogen-bond acceptors (Lipinski definition) is 13. The molecule has 9 N–H and O–H groups in total. The second-order valence-electron chi connectivity index (χ2n) is 17.8. The predicted molar refractivity (Wildman–Crippen MR) is 255 cm³/mol. The van der Waals surface area contributed by atoms with Gasteiger partial charge in [0.15, 0.2) is 29.1 Å². The number of aromatic nitrogens is 2. The third-order valence-corrected chi connectivity index (χ3v) is 11.6. The molecular weight excluding hydrogens is 853 g/mol. The number of nitriles is 1. The average molecular weight is 915 g/mol. The summed E-state index contributed by atoms with van der Waals surface area (Å²) >= 11 is 0. The Labute approximate surface area is 391 Å². The molecule has 0 fully saturated rings. The SMILES string of the molecule is Cc1nc(-c2ccc(C(C)(C)C)cc2)ncc1C(=O)C[C@@H](CN=C(N)N)C(=O)N(C)[C@@H]1C(=O)C[C@@H](C)C(=O)N[C@H](C(=O)CCC#N)Cc2ccc(OCCN)c(c2)-c2cc1ccc2OCCN. The zero-order valence-corrected chi connectivity index (χ0v) is 39.1. The summed E-state index contributed by atoms with van der Waals surface area (Å²) in [7, 11) is 1.44. The molecule has 354 valence electrons. The number of nitrogens with one attached hydrogen (secondary N) is 1. The van der Waals surface area contributed by atoms with Crippen molar-refractivity contribution in [2.45, 2.75) is 84.2 Å². The number of nitrogens with zero attached hydrogens (tertiary/aromatic N) is 5. The molecule has 0 radical (unpaired) electrons. The molecule has 4 bridgehead atoms. The van der Waals surface area contributed by atoms with Gasteiger partial charge >= 0.3 is 0 Å². The van der Waals surface area contributed by atoms with Crippen molar-refractivity contribution in [1.29, 1.82) is 5.26 Å². The first-order chi connectivity index (χ1) is 31.9. The van der Waals surface area contributed by atoms with Crippen LogP contribution in [0.15, 0.2) is 71.9 Å². The van der Waals surface area contributed by atoms with Gasteiger partial charge < -0.3 is 42.6 Å². The molecule has 17 heteroatoms. The minimum atomic E-state index is -1.32. The zero-order valence-electron chi connectivity index (χ0n) is 39.1. The number of ketones is 3. The van der Waals surface area contributed by atoms with Crippen molar-refractivity contribution in [3.05, 3.63) is 94.8 Å². The Morgan fingerprint density at radius 2 is 1.60 bits per heavy atom. The Kier molecular flexibility index (Phi) is 17.4. The van der Waals surface area contributed by atoms with E-state index in [4.69, 9.17) is 32.4 Å². The summed E-state index contributed by atoms with van der Waals surface area (Å²) in [5.74, 6) is -3.70. The number of Topliss-reactive ketones (excluding diaryl/α,β-unsaturated/α-hetero) is 3. The molecule has 1 aliphatic heterocycles. The van der Waals surface area contributed by atoms with Crippen LogP contribution in [0.5, 0.6) is 11.5 Å². The van der Waals surface area contributed by atoms with Crippen molar-refractivity contribution in [1.82, 2.24) is 20.2 Å². The van der Waals surface area contributed by atoms with E-state index >= 15 is 0 Å². The van der Waals surface area contributed by atoms with E-state index in [1.165, 1.54) is 18.1 Å². The van der Waals surface area contributed by atoms with Gasteiger partial charge in [0.05, 0.1) is 35.8 Å². The number of fused-ring (bicyclic) bond motifs is 5. The standard InChI is InChI=1S/C50H62N10O7/c1-29-22-42(63)45(60(6)48(65)34(27-57-49(54)55)26-41(62)38-28-56-46(58-30(38)2)32-10-13-35(14-11-32)50(3,4)5)33-12-16-44(67-21-19-53)37(25-33)36-23-31(9-15-43(36)66-20-18-52)24-39(59-47(29)64)40(61)8-7-17-51/h9-16,23,25,28-29,34,39,45H,7-8,18-22,24,26-27,52-53H2,1-6H3,(H,59,64)(H4,54,55,57)/t29-,34+,39+,45+/m1/s1. The molecule has 5 rings (SSSR count). The van der Waals surface area contributed by atoms with Crippen LogP contribution in [0, 0.1) is 30.1 Å². The number of likely N-dealkylation sites (N-methyl/N-ethyl adjacent to an activating group) is 1. The van der Waals surface area contributed by atoms with Crippen molar-refractivity contribution >= 4 is 35.1 Å². The first kappa shape index (κ1) is 51.0. The molecule has 67 heavy (non-hydrogen) atoms. The Hall–Kier alpha value is -7.03. The van der Waals surface area contributed by atoms with Gasteiger partial charge in [0.1, 0.15) is 30.8 Å². The van der Waals surface area contributed by atoms with Gasteiger partial charge in [-0.1, -0.05) is 64.1 Å². The second kappa shape index (κ2) is 22.9. The minimum Gasteiger partial charge on any atom is -0.492 e. The molecule has 2 heterocycles. The highest BCUT2D eigenvalue weighted by Crippen LogP contribution is 2.41. The monoisotopic (exact) mass is 914 g/mol. The minimum absolute atomic E-state index is 0.0452. The summed E-state index contributed by atoms with van der Waals surface area (Å²) in [4.78, 5) is 85.6. The summed E-state index contributed by atoms with van der Waals surface area (Å²) in [5.41, 5.74) is 27.7. The zero-order chi connectivity index (χ0) is 49.0. The van der Waals surface area contributed by atoms with E-state index in [1.807, 2.05) is 30.3 Å². The lowest BCUT2D eigenvalue weighted by Gasteiger charge is -2.32. The fourth-order valence-electron chi connectivity index (χ4n) is 7.91. The molecule has 0 aliphatic carbocycles. The van der Waals surface area contributed by atoms with Gasteiger partial charge in [0.25, 0.3) is 0 Å². The molecule has 0 saturated heterocycles. The fourth-order valence-corrected chi connectivity index (χ4v) is 7.91. The lowest BCUT2D eigenvalue weighted by molar-refractivity contribution is -0.142. The lowest BCUT2D eigenvalue weighted by atomic mass is 9.86. The van der Waals surface area contributed by atoms with Gasteiger partial charge in [-0.2, -0.15) is 5.26 Å². The van der Waals surface area contributed by atoms with E-state index in [0.29, 0.717) is 45.3 Å². The topological polar surface area (TPSA) is 285 Å². The Bertz CT molecular complexity index is 2530. The van der Waals surface area contributed by atoms with E-state index < -0.39 is 47.3 Å². The van der Waals surface area contributed by atoms with E-state index in [2.05, 4.69) is 41.0 Å². The molecule has 0 unspecified atom stereocenters. The number of amides is 2. The molecule has 17 nitrogen and oxygen atoms in total. The molecule has 4 atom stereocenters. The molecule has 1 aliphatic rings. The number of rotatable bonds is 17. The molecule has 3 aromatic carbocycles. The Morgan fingerprint density at radius 3 is 2.19 bits per heavy atom. The highest BCUT2D eigenvalue weighted by Gasteiger charge is 2.36. The highest BCUT2D eigenvalue weighted by molar-refractivity contribution is 6.01. The van der Waals surface area contributed by atoms with Crippen LogP contribution in [0.3, 0.4) is 0 Å². The quantitative estimate of drug-likeness (QED) is 0.0562. The summed E-state index contributed by atoms with van der Waals surface area (Å²) < 4.78 is 12.2. The maximum Gasteiger partial charge on any atom is 0.228 e. The number of ether oxygens (including phenoxy) is 2. The van der Waals surface area contributed by atoms with Crippen LogP contribution in [0.25, 0.3) is 22.5 Å². The van der Waals surface area contributed by atoms with Crippen molar-refractivity contribution in [3.8, 4) is 40.1 Å². The molecule has 0 saturated carbocycles. The van der Waals surface area contributed by atoms with E-state index in [9.17, 15) is 29.2 Å². The van der Waals surface area contributed by atoms with Crippen molar-refractivity contribution in [3.63, 3.8) is 0 Å². The van der Waals surface area contributed by atoms with Gasteiger partial charge in [-0.25, -0.2) is 9.97 Å². The van der Waals surface area contributed by atoms with E-state index in [-0.39, 0.29) is 87.7 Å². The molecule has 0 spiro atoms. The summed E-state index contributed by atoms with van der Waals surface area (Å²) in [6.07, 6.45) is 0.669. The number of aryl methyl sites for hydroxylation is 1. The summed E-state index contributed by atoms with van der Waals surface area (Å²) in [6.45, 7) is 10.0. The first-order valence-electron chi connectivity index (χ1n) is 22.3. The van der Waals surface area contributed by atoms with Crippen LogP contribution >= 0.6 is 0 Å². The normalized spacial score (nSPS) is 16.7. The third-order valence-electron chi connectivity index (χ3n) is 11.6. The van der Waals surface area contributed by atoms with Crippen molar-refractivity contribution in [2.75, 3.05) is 39.9 Å². The van der Waals surface area contributed by atoms with Gasteiger partial charge in [-0.05, 0) is 59.7 Å². The third kappa shape index (κ3) is 13.1. The number of guanidine groups is 1. The number of hydrogen-bond donors (Lipinski definition) is 5. The molecule has 4 aromatic rings. The van der Waals surface area contributed by atoms with Crippen LogP contribution in [0.2, 0.25) is 0 Å². The molecule has 2 amide bonds. The second-order valence-corrected chi connectivity index (χ2v) is 17.8. The van der Waals surface area contributed by atoms with Crippen molar-refractivity contribution < 1.29 is 33.4 Å². The van der Waals surface area contributed by atoms with E-state index in [0.717, 1.165) is 11.1 Å². The van der Waals surface area contributed by atoms with Crippen LogP contribution in [-0.2, 0) is 31.0 Å². The van der Waals surface area contributed by atoms with Crippen LogP contribution in [0.4, 0.5) is 0 Å². The Morgan fingerprint density at radius 1 is 0.955 bits per heavy atom. The summed E-state index contributed by atoms with van der Waals surface area (Å²) in [5, 5.41) is 12.1. The number of nitrogens with two attached hydrogens (primary N) is 4. The Balaban J connectivity index is 1.59. The van der Waals surface area contributed by atoms with Gasteiger partial charge in [-0.15, -0.1) is 0 Å². The van der Waals surface area contributed by atoms with Crippen LogP contribution < -0.4 is 37.7 Å². The average Bonchev–Trinajstić information content (AvgIpc) is 3.29. The number of carbonyl (C=O) groups is 5. The van der Waals surface area contributed by atoms with Crippen LogP contribution in [0.1, 0.15) is 92.2 Å². The fraction of sp³-hybridized carbons (Fsp3) is 0.420. The number of carbonyl (C=O) groups excluding carboxylic acids is 5. The predicted octanol–water partition coefficient (Wildman–Crippen LogP) is 4.26. The number of benzene rings is 3. The van der Waals surface area contributed by atoms with Gasteiger partial charge in [0.2, 0.25) is 11.8 Å². The molecule has 1 aromatic heterocycles. The maximum atomic E-state index is 14.9. The maximum absolute atomic E-state index is 14.9. The van der Waals surface area contributed by atoms with Gasteiger partial charge in [-0.3, -0.25) is 29.0 Å².